The maximum absolute atomic E-state index is 6.15. The predicted molar refractivity (Wildman–Crippen MR) is 96.2 cm³/mol. The van der Waals surface area contributed by atoms with Crippen molar-refractivity contribution >= 4 is 10.9 Å². The molecule has 0 aliphatic rings. The van der Waals surface area contributed by atoms with Crippen molar-refractivity contribution in [3.8, 4) is 11.6 Å². The third kappa shape index (κ3) is 2.99. The maximum atomic E-state index is 6.15. The minimum Gasteiger partial charge on any atom is -0.405 e. The molecule has 3 aromatic carbocycles. The molecule has 0 spiro atoms. The quantitative estimate of drug-likeness (QED) is 0.485. The van der Waals surface area contributed by atoms with Crippen LogP contribution in [-0.4, -0.2) is 0 Å². The highest BCUT2D eigenvalue weighted by Crippen LogP contribution is 2.21. The average Bonchev–Trinajstić information content (AvgIpc) is 2.65. The molecule has 0 fully saturated rings. The van der Waals surface area contributed by atoms with Crippen molar-refractivity contribution < 1.29 is 9.30 Å². The van der Waals surface area contributed by atoms with Gasteiger partial charge < -0.3 is 4.74 Å². The molecule has 0 saturated heterocycles. The summed E-state index contributed by atoms with van der Waals surface area (Å²) in [6.07, 6.45) is 0. The van der Waals surface area contributed by atoms with Crippen LogP contribution in [0, 0.1) is 0 Å². The first-order valence-electron chi connectivity index (χ1n) is 8.08. The molecule has 0 bridgehead atoms. The maximum Gasteiger partial charge on any atom is 0.374 e. The Hall–Kier alpha value is -3.13. The minimum atomic E-state index is 0.768. The Morgan fingerprint density at radius 3 is 2.08 bits per heavy atom. The van der Waals surface area contributed by atoms with Gasteiger partial charge in [0.05, 0.1) is 6.07 Å². The highest BCUT2D eigenvalue weighted by atomic mass is 16.5. The van der Waals surface area contributed by atoms with Gasteiger partial charge in [0.2, 0.25) is 5.52 Å². The number of hydrogen-bond acceptors (Lipinski definition) is 1. The molecule has 116 valence electrons. The van der Waals surface area contributed by atoms with E-state index in [-0.39, 0.29) is 0 Å². The fraction of sp³-hybridized carbons (Fsp3) is 0.0455. The first kappa shape index (κ1) is 14.5. The fourth-order valence-electron chi connectivity index (χ4n) is 2.87. The Labute approximate surface area is 141 Å². The summed E-state index contributed by atoms with van der Waals surface area (Å²) in [6, 6.07) is 32.9. The molecule has 2 nitrogen and oxygen atoms in total. The van der Waals surface area contributed by atoms with E-state index in [1.807, 2.05) is 42.5 Å². The number of hydrogen-bond donors (Lipinski definition) is 0. The summed E-state index contributed by atoms with van der Waals surface area (Å²) >= 11 is 0. The summed E-state index contributed by atoms with van der Waals surface area (Å²) in [5, 5.41) is 1.20. The van der Waals surface area contributed by atoms with Gasteiger partial charge >= 0.3 is 5.88 Å². The monoisotopic (exact) mass is 312 g/mol. The van der Waals surface area contributed by atoms with Gasteiger partial charge in [0.1, 0.15) is 5.75 Å². The van der Waals surface area contributed by atoms with Crippen LogP contribution < -0.4 is 9.30 Å². The van der Waals surface area contributed by atoms with E-state index in [0.29, 0.717) is 0 Å². The van der Waals surface area contributed by atoms with Gasteiger partial charge in [-0.2, -0.15) is 4.57 Å². The van der Waals surface area contributed by atoms with Crippen LogP contribution in [0.2, 0.25) is 0 Å². The number of benzene rings is 3. The number of pyridine rings is 1. The number of rotatable bonds is 4. The number of aromatic nitrogens is 1. The molecule has 0 N–H and O–H groups in total. The van der Waals surface area contributed by atoms with Crippen LogP contribution in [0.25, 0.3) is 10.9 Å². The van der Waals surface area contributed by atoms with E-state index < -0.39 is 0 Å². The molecular formula is C22H18NO+. The fourth-order valence-corrected chi connectivity index (χ4v) is 2.87. The molecule has 4 aromatic rings. The molecule has 0 amide bonds. The van der Waals surface area contributed by atoms with Crippen LogP contribution in [-0.2, 0) is 6.54 Å². The van der Waals surface area contributed by atoms with Crippen molar-refractivity contribution in [2.24, 2.45) is 0 Å². The lowest BCUT2D eigenvalue weighted by Gasteiger charge is -2.08. The summed E-state index contributed by atoms with van der Waals surface area (Å²) in [4.78, 5) is 0. The average molecular weight is 312 g/mol. The Morgan fingerprint density at radius 1 is 0.625 bits per heavy atom. The van der Waals surface area contributed by atoms with Crippen molar-refractivity contribution in [1.82, 2.24) is 0 Å². The molecule has 1 aromatic heterocycles. The van der Waals surface area contributed by atoms with Gasteiger partial charge in [-0.15, -0.1) is 0 Å². The summed E-state index contributed by atoms with van der Waals surface area (Å²) in [5.41, 5.74) is 2.41. The SMILES string of the molecule is c1ccc(C[n+]2c(Oc3ccccc3)ccc3ccccc32)cc1. The van der Waals surface area contributed by atoms with Gasteiger partial charge in [0, 0.05) is 17.0 Å². The molecule has 0 aliphatic carbocycles. The highest BCUT2D eigenvalue weighted by Gasteiger charge is 2.18. The van der Waals surface area contributed by atoms with Gasteiger partial charge in [-0.3, -0.25) is 0 Å². The van der Waals surface area contributed by atoms with Crippen molar-refractivity contribution in [1.29, 1.82) is 0 Å². The Balaban J connectivity index is 1.82. The van der Waals surface area contributed by atoms with Crippen LogP contribution in [0.4, 0.5) is 0 Å². The molecule has 1 heterocycles. The largest absolute Gasteiger partial charge is 0.405 e. The topological polar surface area (TPSA) is 13.1 Å². The van der Waals surface area contributed by atoms with Gasteiger partial charge in [-0.05, 0) is 24.3 Å². The molecular weight excluding hydrogens is 294 g/mol. The molecule has 0 atom stereocenters. The smallest absolute Gasteiger partial charge is 0.374 e. The molecule has 0 unspecified atom stereocenters. The number of nitrogens with zero attached hydrogens (tertiary/aromatic N) is 1. The lowest BCUT2D eigenvalue weighted by atomic mass is 10.2. The molecule has 2 heteroatoms. The molecule has 0 aliphatic heterocycles. The summed E-state index contributed by atoms with van der Waals surface area (Å²) in [5.74, 6) is 1.68. The lowest BCUT2D eigenvalue weighted by Crippen LogP contribution is -2.36. The zero-order valence-electron chi connectivity index (χ0n) is 13.3. The van der Waals surface area contributed by atoms with Crippen molar-refractivity contribution in [3.63, 3.8) is 0 Å². The summed E-state index contributed by atoms with van der Waals surface area (Å²) in [6.45, 7) is 0.768. The van der Waals surface area contributed by atoms with Crippen LogP contribution >= 0.6 is 0 Å². The first-order valence-corrected chi connectivity index (χ1v) is 8.08. The van der Waals surface area contributed by atoms with E-state index in [1.165, 1.54) is 10.9 Å². The van der Waals surface area contributed by atoms with Gasteiger partial charge in [0.25, 0.3) is 0 Å². The standard InChI is InChI=1S/C22H18NO/c1-3-9-18(10-4-1)17-23-21-14-8-7-11-19(21)15-16-22(23)24-20-12-5-2-6-13-20/h1-16H,17H2/q+1. The van der Waals surface area contributed by atoms with Gasteiger partial charge in [-0.25, -0.2) is 0 Å². The Morgan fingerprint density at radius 2 is 1.29 bits per heavy atom. The number of para-hydroxylation sites is 2. The lowest BCUT2D eigenvalue weighted by molar-refractivity contribution is -0.666. The molecule has 24 heavy (non-hydrogen) atoms. The summed E-state index contributed by atoms with van der Waals surface area (Å²) in [7, 11) is 0. The highest BCUT2D eigenvalue weighted by molar-refractivity contribution is 5.75. The molecule has 0 saturated carbocycles. The van der Waals surface area contributed by atoms with Gasteiger partial charge in [-0.1, -0.05) is 60.7 Å². The summed E-state index contributed by atoms with van der Waals surface area (Å²) < 4.78 is 8.37. The van der Waals surface area contributed by atoms with E-state index in [9.17, 15) is 0 Å². The molecule has 0 radical (unpaired) electrons. The second-order valence-corrected chi connectivity index (χ2v) is 5.72. The zero-order chi connectivity index (χ0) is 16.2. The second-order valence-electron chi connectivity index (χ2n) is 5.72. The van der Waals surface area contributed by atoms with E-state index >= 15 is 0 Å². The Kier molecular flexibility index (Phi) is 3.95. The van der Waals surface area contributed by atoms with E-state index in [4.69, 9.17) is 4.74 Å². The minimum absolute atomic E-state index is 0.768. The normalized spacial score (nSPS) is 10.7. The zero-order valence-corrected chi connectivity index (χ0v) is 13.3. The van der Waals surface area contributed by atoms with E-state index in [2.05, 4.69) is 59.2 Å². The van der Waals surface area contributed by atoms with Crippen LogP contribution in [0.1, 0.15) is 5.56 Å². The van der Waals surface area contributed by atoms with E-state index in [1.54, 1.807) is 0 Å². The first-order chi connectivity index (χ1) is 11.9. The third-order valence-corrected chi connectivity index (χ3v) is 4.05. The second kappa shape index (κ2) is 6.55. The van der Waals surface area contributed by atoms with Gasteiger partial charge in [0.15, 0.2) is 6.54 Å². The van der Waals surface area contributed by atoms with Crippen molar-refractivity contribution in [2.75, 3.05) is 0 Å². The van der Waals surface area contributed by atoms with Crippen LogP contribution in [0.3, 0.4) is 0 Å². The third-order valence-electron chi connectivity index (χ3n) is 4.05. The Bertz CT molecular complexity index is 949. The number of fused-ring (bicyclic) bond motifs is 1. The molecule has 4 rings (SSSR count). The van der Waals surface area contributed by atoms with Crippen molar-refractivity contribution in [3.05, 3.63) is 103 Å². The predicted octanol–water partition coefficient (Wildman–Crippen LogP) is 4.97. The van der Waals surface area contributed by atoms with E-state index in [0.717, 1.165) is 23.7 Å². The van der Waals surface area contributed by atoms with Crippen LogP contribution in [0.5, 0.6) is 11.6 Å². The van der Waals surface area contributed by atoms with Crippen molar-refractivity contribution in [2.45, 2.75) is 6.54 Å². The van der Waals surface area contributed by atoms with Crippen LogP contribution in [0.15, 0.2) is 97.1 Å². The number of ether oxygens (including phenoxy) is 1.